The first-order valence-corrected chi connectivity index (χ1v) is 6.59. The fraction of sp³-hybridized carbons (Fsp3) is 0.133. The van der Waals surface area contributed by atoms with Crippen LogP contribution in [-0.4, -0.2) is 7.11 Å². The van der Waals surface area contributed by atoms with Gasteiger partial charge in [0.2, 0.25) is 0 Å². The summed E-state index contributed by atoms with van der Waals surface area (Å²) < 4.78 is 5.98. The molecule has 2 aromatic carbocycles. The Morgan fingerprint density at radius 2 is 2.05 bits per heavy atom. The van der Waals surface area contributed by atoms with E-state index in [9.17, 15) is 0 Å². The summed E-state index contributed by atoms with van der Waals surface area (Å²) in [4.78, 5) is 0. The van der Waals surface area contributed by atoms with Crippen LogP contribution in [0.25, 0.3) is 0 Å². The number of nitrogens with zero attached hydrogens (tertiary/aromatic N) is 1. The van der Waals surface area contributed by atoms with Crippen molar-refractivity contribution in [1.82, 2.24) is 0 Å². The van der Waals surface area contributed by atoms with Crippen LogP contribution >= 0.6 is 15.9 Å². The molecule has 0 heterocycles. The number of rotatable bonds is 4. The van der Waals surface area contributed by atoms with Crippen LogP contribution in [0.3, 0.4) is 0 Å². The van der Waals surface area contributed by atoms with E-state index in [4.69, 9.17) is 10.00 Å². The first-order valence-electron chi connectivity index (χ1n) is 5.80. The lowest BCUT2D eigenvalue weighted by Crippen LogP contribution is -2.01. The number of nitriles is 1. The second-order valence-electron chi connectivity index (χ2n) is 3.98. The number of hydrogen-bond acceptors (Lipinski definition) is 3. The number of benzene rings is 2. The van der Waals surface area contributed by atoms with E-state index in [0.29, 0.717) is 12.1 Å². The largest absolute Gasteiger partial charge is 0.497 e. The minimum Gasteiger partial charge on any atom is -0.497 e. The third-order valence-corrected chi connectivity index (χ3v) is 3.40. The SMILES string of the molecule is COc1cccc(CNc2cccc(Br)c2C#N)c1. The van der Waals surface area contributed by atoms with E-state index in [1.54, 1.807) is 7.11 Å². The molecular weight excluding hydrogens is 304 g/mol. The van der Waals surface area contributed by atoms with Gasteiger partial charge in [0.25, 0.3) is 0 Å². The van der Waals surface area contributed by atoms with Crippen molar-refractivity contribution in [2.24, 2.45) is 0 Å². The zero-order valence-corrected chi connectivity index (χ0v) is 12.1. The number of anilines is 1. The third-order valence-electron chi connectivity index (χ3n) is 2.74. The van der Waals surface area contributed by atoms with E-state index in [1.807, 2.05) is 42.5 Å². The minimum absolute atomic E-state index is 0.616. The van der Waals surface area contributed by atoms with Gasteiger partial charge in [-0.1, -0.05) is 18.2 Å². The van der Waals surface area contributed by atoms with E-state index in [-0.39, 0.29) is 0 Å². The molecule has 3 nitrogen and oxygen atoms in total. The molecular formula is C15H13BrN2O. The molecule has 0 atom stereocenters. The van der Waals surface area contributed by atoms with Crippen molar-refractivity contribution in [3.8, 4) is 11.8 Å². The lowest BCUT2D eigenvalue weighted by Gasteiger charge is -2.10. The molecule has 0 bridgehead atoms. The van der Waals surface area contributed by atoms with Gasteiger partial charge in [-0.2, -0.15) is 5.26 Å². The summed E-state index contributed by atoms with van der Waals surface area (Å²) >= 11 is 3.37. The van der Waals surface area contributed by atoms with Crippen LogP contribution in [0.2, 0.25) is 0 Å². The van der Waals surface area contributed by atoms with Gasteiger partial charge in [-0.05, 0) is 45.8 Å². The monoisotopic (exact) mass is 316 g/mol. The summed E-state index contributed by atoms with van der Waals surface area (Å²) in [6.45, 7) is 0.641. The van der Waals surface area contributed by atoms with E-state index >= 15 is 0 Å². The van der Waals surface area contributed by atoms with Crippen LogP contribution in [0.5, 0.6) is 5.75 Å². The highest BCUT2D eigenvalue weighted by molar-refractivity contribution is 9.10. The molecule has 2 aromatic rings. The predicted molar refractivity (Wildman–Crippen MR) is 79.2 cm³/mol. The predicted octanol–water partition coefficient (Wildman–Crippen LogP) is 3.94. The number of methoxy groups -OCH3 is 1. The summed E-state index contributed by atoms with van der Waals surface area (Å²) in [5.41, 5.74) is 2.54. The van der Waals surface area contributed by atoms with E-state index in [1.165, 1.54) is 0 Å². The van der Waals surface area contributed by atoms with Crippen molar-refractivity contribution in [1.29, 1.82) is 5.26 Å². The molecule has 0 amide bonds. The number of nitrogens with one attached hydrogen (secondary N) is 1. The van der Waals surface area contributed by atoms with Crippen LogP contribution < -0.4 is 10.1 Å². The van der Waals surface area contributed by atoms with Gasteiger partial charge in [-0.3, -0.25) is 0 Å². The van der Waals surface area contributed by atoms with Crippen molar-refractivity contribution in [2.45, 2.75) is 6.54 Å². The van der Waals surface area contributed by atoms with Gasteiger partial charge in [-0.15, -0.1) is 0 Å². The average molecular weight is 317 g/mol. The van der Waals surface area contributed by atoms with Gasteiger partial charge in [0.05, 0.1) is 18.4 Å². The van der Waals surface area contributed by atoms with Gasteiger partial charge in [0, 0.05) is 11.0 Å². The first-order chi connectivity index (χ1) is 9.24. The zero-order valence-electron chi connectivity index (χ0n) is 10.5. The van der Waals surface area contributed by atoms with Gasteiger partial charge >= 0.3 is 0 Å². The van der Waals surface area contributed by atoms with Crippen molar-refractivity contribution in [2.75, 3.05) is 12.4 Å². The minimum atomic E-state index is 0.616. The van der Waals surface area contributed by atoms with Crippen LogP contribution in [0.1, 0.15) is 11.1 Å². The molecule has 0 aromatic heterocycles. The highest BCUT2D eigenvalue weighted by Crippen LogP contribution is 2.24. The number of ether oxygens (including phenoxy) is 1. The molecule has 19 heavy (non-hydrogen) atoms. The number of hydrogen-bond donors (Lipinski definition) is 1. The third kappa shape index (κ3) is 3.27. The summed E-state index contributed by atoms with van der Waals surface area (Å²) in [5.74, 6) is 0.828. The van der Waals surface area contributed by atoms with E-state index < -0.39 is 0 Å². The maximum Gasteiger partial charge on any atom is 0.119 e. The Morgan fingerprint density at radius 3 is 2.79 bits per heavy atom. The molecule has 0 saturated heterocycles. The molecule has 0 aliphatic carbocycles. The standard InChI is InChI=1S/C15H13BrN2O/c1-19-12-5-2-4-11(8-12)10-18-15-7-3-6-14(16)13(15)9-17/h2-8,18H,10H2,1H3. The van der Waals surface area contributed by atoms with E-state index in [2.05, 4.69) is 27.3 Å². The van der Waals surface area contributed by atoms with Crippen molar-refractivity contribution < 1.29 is 4.74 Å². The zero-order chi connectivity index (χ0) is 13.7. The Hall–Kier alpha value is -1.99. The smallest absolute Gasteiger partial charge is 0.119 e. The average Bonchev–Trinajstić information content (AvgIpc) is 2.45. The van der Waals surface area contributed by atoms with Gasteiger partial charge < -0.3 is 10.1 Å². The highest BCUT2D eigenvalue weighted by atomic mass is 79.9. The van der Waals surface area contributed by atoms with Gasteiger partial charge in [0.1, 0.15) is 11.8 Å². The molecule has 0 fully saturated rings. The fourth-order valence-electron chi connectivity index (χ4n) is 1.76. The molecule has 0 unspecified atom stereocenters. The number of halogens is 1. The Bertz CT molecular complexity index is 620. The maximum absolute atomic E-state index is 9.14. The summed E-state index contributed by atoms with van der Waals surface area (Å²) in [6.07, 6.45) is 0. The van der Waals surface area contributed by atoms with Crippen molar-refractivity contribution in [3.63, 3.8) is 0 Å². The molecule has 0 aliphatic heterocycles. The molecule has 1 N–H and O–H groups in total. The van der Waals surface area contributed by atoms with Crippen LogP contribution in [0.15, 0.2) is 46.9 Å². The lowest BCUT2D eigenvalue weighted by atomic mass is 10.1. The van der Waals surface area contributed by atoms with Crippen LogP contribution in [0.4, 0.5) is 5.69 Å². The molecule has 0 spiro atoms. The highest BCUT2D eigenvalue weighted by Gasteiger charge is 2.05. The molecule has 4 heteroatoms. The Morgan fingerprint density at radius 1 is 1.26 bits per heavy atom. The molecule has 0 radical (unpaired) electrons. The van der Waals surface area contributed by atoms with Crippen molar-refractivity contribution >= 4 is 21.6 Å². The second-order valence-corrected chi connectivity index (χ2v) is 4.83. The maximum atomic E-state index is 9.14. The van der Waals surface area contributed by atoms with Gasteiger partial charge in [0.15, 0.2) is 0 Å². The summed E-state index contributed by atoms with van der Waals surface area (Å²) in [7, 11) is 1.65. The summed E-state index contributed by atoms with van der Waals surface area (Å²) in [5, 5.41) is 12.4. The summed E-state index contributed by atoms with van der Waals surface area (Å²) in [6, 6.07) is 15.7. The van der Waals surface area contributed by atoms with Gasteiger partial charge in [-0.25, -0.2) is 0 Å². The normalized spacial score (nSPS) is 9.74. The lowest BCUT2D eigenvalue weighted by molar-refractivity contribution is 0.414. The fourth-order valence-corrected chi connectivity index (χ4v) is 2.22. The van der Waals surface area contributed by atoms with E-state index in [0.717, 1.165) is 21.5 Å². The first kappa shape index (κ1) is 13.4. The Balaban J connectivity index is 2.15. The molecule has 2 rings (SSSR count). The van der Waals surface area contributed by atoms with Crippen LogP contribution in [0, 0.1) is 11.3 Å². The molecule has 96 valence electrons. The molecule has 0 aliphatic rings. The Kier molecular flexibility index (Phi) is 4.43. The van der Waals surface area contributed by atoms with Crippen molar-refractivity contribution in [3.05, 3.63) is 58.1 Å². The quantitative estimate of drug-likeness (QED) is 0.929. The Labute approximate surface area is 121 Å². The topological polar surface area (TPSA) is 45.0 Å². The van der Waals surface area contributed by atoms with Crippen LogP contribution in [-0.2, 0) is 6.54 Å². The molecule has 0 saturated carbocycles. The second kappa shape index (κ2) is 6.26.